The quantitative estimate of drug-likeness (QED) is 0.789. The highest BCUT2D eigenvalue weighted by molar-refractivity contribution is 6.30. The number of alkyl halides is 1. The molecule has 0 bridgehead atoms. The molecule has 1 aromatic rings. The Balaban J connectivity index is 2.49. The molecule has 0 aliphatic heterocycles. The van der Waals surface area contributed by atoms with Gasteiger partial charge in [0.15, 0.2) is 0 Å². The van der Waals surface area contributed by atoms with Crippen LogP contribution in [0.2, 0.25) is 5.02 Å². The van der Waals surface area contributed by atoms with Gasteiger partial charge in [-0.25, -0.2) is 4.39 Å². The van der Waals surface area contributed by atoms with E-state index in [4.69, 9.17) is 11.6 Å². The van der Waals surface area contributed by atoms with Crippen molar-refractivity contribution in [3.63, 3.8) is 0 Å². The van der Waals surface area contributed by atoms with Crippen molar-refractivity contribution in [3.05, 3.63) is 34.9 Å². The molecule has 0 amide bonds. The number of rotatable bonds is 4. The van der Waals surface area contributed by atoms with Crippen molar-refractivity contribution in [3.8, 4) is 0 Å². The Bertz CT molecular complexity index is 248. The number of hydrogen-bond acceptors (Lipinski definition) is 1. The van der Waals surface area contributed by atoms with Crippen LogP contribution in [0.4, 0.5) is 4.39 Å². The van der Waals surface area contributed by atoms with Crippen molar-refractivity contribution in [2.45, 2.75) is 12.6 Å². The smallest absolute Gasteiger partial charge is 0.116 e. The lowest BCUT2D eigenvalue weighted by atomic mass is 10.1. The molecule has 0 radical (unpaired) electrons. The van der Waals surface area contributed by atoms with Crippen LogP contribution in [0.15, 0.2) is 24.3 Å². The number of nitrogens with one attached hydrogen (secondary N) is 1. The third kappa shape index (κ3) is 3.75. The van der Waals surface area contributed by atoms with E-state index in [1.54, 1.807) is 19.2 Å². The van der Waals surface area contributed by atoms with Crippen LogP contribution in [-0.4, -0.2) is 19.8 Å². The van der Waals surface area contributed by atoms with Crippen LogP contribution < -0.4 is 5.32 Å². The second-order valence-corrected chi connectivity index (χ2v) is 3.42. The second kappa shape index (κ2) is 5.20. The van der Waals surface area contributed by atoms with Crippen molar-refractivity contribution >= 4 is 11.6 Å². The fraction of sp³-hybridized carbons (Fsp3) is 0.400. The Morgan fingerprint density at radius 2 is 2.00 bits per heavy atom. The Hall–Kier alpha value is -0.600. The van der Waals surface area contributed by atoms with Gasteiger partial charge in [0.1, 0.15) is 6.17 Å². The maximum atomic E-state index is 13.1. The molecule has 1 aromatic carbocycles. The van der Waals surface area contributed by atoms with E-state index in [0.717, 1.165) is 5.56 Å². The van der Waals surface area contributed by atoms with Gasteiger partial charge in [-0.2, -0.15) is 0 Å². The summed E-state index contributed by atoms with van der Waals surface area (Å²) in [6, 6.07) is 7.26. The van der Waals surface area contributed by atoms with Gasteiger partial charge in [-0.15, -0.1) is 0 Å². The predicted octanol–water partition coefficient (Wildman–Crippen LogP) is 2.44. The van der Waals surface area contributed by atoms with Gasteiger partial charge in [0.05, 0.1) is 0 Å². The molecule has 0 aliphatic carbocycles. The fourth-order valence-corrected chi connectivity index (χ4v) is 1.30. The zero-order valence-electron chi connectivity index (χ0n) is 7.56. The van der Waals surface area contributed by atoms with Gasteiger partial charge in [-0.1, -0.05) is 23.7 Å². The lowest BCUT2D eigenvalue weighted by Crippen LogP contribution is -2.21. The van der Waals surface area contributed by atoms with E-state index in [9.17, 15) is 4.39 Å². The monoisotopic (exact) mass is 201 g/mol. The summed E-state index contributed by atoms with van der Waals surface area (Å²) in [6.07, 6.45) is -0.385. The van der Waals surface area contributed by atoms with Gasteiger partial charge in [0.2, 0.25) is 0 Å². The minimum Gasteiger partial charge on any atom is -0.317 e. The van der Waals surface area contributed by atoms with Gasteiger partial charge in [0.25, 0.3) is 0 Å². The molecule has 0 fully saturated rings. The molecule has 0 heterocycles. The lowest BCUT2D eigenvalue weighted by Gasteiger charge is -2.06. The van der Waals surface area contributed by atoms with E-state index >= 15 is 0 Å². The van der Waals surface area contributed by atoms with Crippen LogP contribution in [0.25, 0.3) is 0 Å². The van der Waals surface area contributed by atoms with Crippen molar-refractivity contribution in [1.29, 1.82) is 0 Å². The Morgan fingerprint density at radius 1 is 1.38 bits per heavy atom. The molecule has 1 nitrogen and oxygen atoms in total. The van der Waals surface area contributed by atoms with E-state index in [-0.39, 0.29) is 0 Å². The second-order valence-electron chi connectivity index (χ2n) is 2.99. The topological polar surface area (TPSA) is 12.0 Å². The summed E-state index contributed by atoms with van der Waals surface area (Å²) in [5, 5.41) is 3.49. The molecule has 0 saturated carbocycles. The van der Waals surface area contributed by atoms with E-state index < -0.39 is 6.17 Å². The Labute approximate surface area is 82.9 Å². The molecule has 1 unspecified atom stereocenters. The summed E-state index contributed by atoms with van der Waals surface area (Å²) in [4.78, 5) is 0. The van der Waals surface area contributed by atoms with Crippen LogP contribution in [0.1, 0.15) is 5.56 Å². The average molecular weight is 202 g/mol. The first-order valence-corrected chi connectivity index (χ1v) is 4.63. The maximum Gasteiger partial charge on any atom is 0.116 e. The third-order valence-corrected chi connectivity index (χ3v) is 2.05. The molecule has 72 valence electrons. The number of halogens is 2. The van der Waals surface area contributed by atoms with Crippen molar-refractivity contribution in [2.75, 3.05) is 13.6 Å². The van der Waals surface area contributed by atoms with Crippen LogP contribution in [0, 0.1) is 0 Å². The summed E-state index contributed by atoms with van der Waals surface area (Å²) in [5.41, 5.74) is 0.979. The molecule has 0 spiro atoms. The summed E-state index contributed by atoms with van der Waals surface area (Å²) >= 11 is 5.70. The molecular weight excluding hydrogens is 189 g/mol. The zero-order chi connectivity index (χ0) is 9.68. The molecular formula is C10H13ClFN. The standard InChI is InChI=1S/C10H13ClFN/c1-13-7-10(12)6-8-2-4-9(11)5-3-8/h2-5,10,13H,6-7H2,1H3. The molecule has 0 aliphatic rings. The van der Waals surface area contributed by atoms with Crippen LogP contribution in [-0.2, 0) is 6.42 Å². The highest BCUT2D eigenvalue weighted by Crippen LogP contribution is 2.11. The third-order valence-electron chi connectivity index (χ3n) is 1.80. The average Bonchev–Trinajstić information content (AvgIpc) is 2.09. The van der Waals surface area contributed by atoms with E-state index in [2.05, 4.69) is 5.32 Å². The summed E-state index contributed by atoms with van der Waals surface area (Å²) in [7, 11) is 1.74. The van der Waals surface area contributed by atoms with Gasteiger partial charge < -0.3 is 5.32 Å². The Morgan fingerprint density at radius 3 is 2.54 bits per heavy atom. The minimum absolute atomic E-state index is 0.391. The van der Waals surface area contributed by atoms with E-state index in [1.807, 2.05) is 12.1 Å². The largest absolute Gasteiger partial charge is 0.317 e. The fourth-order valence-electron chi connectivity index (χ4n) is 1.17. The Kier molecular flexibility index (Phi) is 4.19. The molecule has 1 rings (SSSR count). The molecule has 0 aromatic heterocycles. The summed E-state index contributed by atoms with van der Waals surface area (Å²) < 4.78 is 13.1. The van der Waals surface area contributed by atoms with Crippen molar-refractivity contribution in [1.82, 2.24) is 5.32 Å². The molecule has 1 N–H and O–H groups in total. The summed E-state index contributed by atoms with van der Waals surface area (Å²) in [6.45, 7) is 0.391. The van der Waals surface area contributed by atoms with Gasteiger partial charge in [0, 0.05) is 18.0 Å². The highest BCUT2D eigenvalue weighted by atomic mass is 35.5. The SMILES string of the molecule is CNCC(F)Cc1ccc(Cl)cc1. The van der Waals surface area contributed by atoms with Gasteiger partial charge in [-0.3, -0.25) is 0 Å². The first kappa shape index (κ1) is 10.5. The van der Waals surface area contributed by atoms with Crippen molar-refractivity contribution < 1.29 is 4.39 Å². The van der Waals surface area contributed by atoms with E-state index in [0.29, 0.717) is 18.0 Å². The van der Waals surface area contributed by atoms with Gasteiger partial charge in [-0.05, 0) is 24.7 Å². The molecule has 1 atom stereocenters. The summed E-state index contributed by atoms with van der Waals surface area (Å²) in [5.74, 6) is 0. The predicted molar refractivity (Wildman–Crippen MR) is 54.0 cm³/mol. The highest BCUT2D eigenvalue weighted by Gasteiger charge is 2.05. The molecule has 13 heavy (non-hydrogen) atoms. The first-order valence-electron chi connectivity index (χ1n) is 4.25. The lowest BCUT2D eigenvalue weighted by molar-refractivity contribution is 0.324. The minimum atomic E-state index is -0.828. The van der Waals surface area contributed by atoms with Crippen LogP contribution in [0.3, 0.4) is 0 Å². The van der Waals surface area contributed by atoms with Crippen LogP contribution >= 0.6 is 11.6 Å². The maximum absolute atomic E-state index is 13.1. The van der Waals surface area contributed by atoms with E-state index in [1.165, 1.54) is 0 Å². The first-order chi connectivity index (χ1) is 6.22. The molecule has 3 heteroatoms. The van der Waals surface area contributed by atoms with Crippen molar-refractivity contribution in [2.24, 2.45) is 0 Å². The van der Waals surface area contributed by atoms with Gasteiger partial charge >= 0.3 is 0 Å². The number of hydrogen-bond donors (Lipinski definition) is 1. The zero-order valence-corrected chi connectivity index (χ0v) is 8.31. The number of benzene rings is 1. The van der Waals surface area contributed by atoms with Crippen LogP contribution in [0.5, 0.6) is 0 Å². The molecule has 0 saturated heterocycles. The normalized spacial score (nSPS) is 12.8.